The number of halogens is 1. The van der Waals surface area contributed by atoms with Gasteiger partial charge in [-0.15, -0.1) is 11.3 Å². The Morgan fingerprint density at radius 1 is 1.32 bits per heavy atom. The number of carbonyl (C=O) groups excluding carboxylic acids is 1. The highest BCUT2D eigenvalue weighted by molar-refractivity contribution is 7.10. The molecule has 0 radical (unpaired) electrons. The SMILES string of the molecule is O=C(CCN1CC=C(c2nccs2)CC1)c1ccc(F)cc1. The first kappa shape index (κ1) is 15.1. The Hall–Kier alpha value is -1.85. The molecule has 1 aliphatic heterocycles. The summed E-state index contributed by atoms with van der Waals surface area (Å²) in [4.78, 5) is 18.7. The molecule has 1 aliphatic rings. The highest BCUT2D eigenvalue weighted by Gasteiger charge is 2.15. The van der Waals surface area contributed by atoms with Gasteiger partial charge in [0.05, 0.1) is 0 Å². The zero-order valence-corrected chi connectivity index (χ0v) is 13.0. The number of ketones is 1. The molecule has 5 heteroatoms. The van der Waals surface area contributed by atoms with Crippen LogP contribution in [0, 0.1) is 5.82 Å². The molecule has 0 fully saturated rings. The molecule has 2 heterocycles. The summed E-state index contributed by atoms with van der Waals surface area (Å²) in [5.74, 6) is -0.248. The van der Waals surface area contributed by atoms with Crippen LogP contribution in [-0.4, -0.2) is 35.3 Å². The summed E-state index contributed by atoms with van der Waals surface area (Å²) >= 11 is 1.66. The van der Waals surface area contributed by atoms with Crippen LogP contribution in [0.1, 0.15) is 28.2 Å². The molecule has 0 spiro atoms. The summed E-state index contributed by atoms with van der Waals surface area (Å²) in [6.07, 6.45) is 5.46. The summed E-state index contributed by atoms with van der Waals surface area (Å²) in [5, 5.41) is 3.09. The molecule has 114 valence electrons. The molecule has 3 nitrogen and oxygen atoms in total. The molecule has 0 saturated carbocycles. The Morgan fingerprint density at radius 2 is 2.14 bits per heavy atom. The molecule has 3 rings (SSSR count). The topological polar surface area (TPSA) is 33.2 Å². The number of hydrogen-bond donors (Lipinski definition) is 0. The molecule has 0 atom stereocenters. The zero-order valence-electron chi connectivity index (χ0n) is 12.2. The van der Waals surface area contributed by atoms with E-state index in [0.29, 0.717) is 12.0 Å². The smallest absolute Gasteiger partial charge is 0.164 e. The largest absolute Gasteiger partial charge is 0.299 e. The van der Waals surface area contributed by atoms with Crippen molar-refractivity contribution in [2.45, 2.75) is 12.8 Å². The monoisotopic (exact) mass is 316 g/mol. The predicted octanol–water partition coefficient (Wildman–Crippen LogP) is 3.64. The predicted molar refractivity (Wildman–Crippen MR) is 86.5 cm³/mol. The van der Waals surface area contributed by atoms with Gasteiger partial charge in [-0.3, -0.25) is 9.69 Å². The van der Waals surface area contributed by atoms with Crippen molar-refractivity contribution in [1.29, 1.82) is 0 Å². The van der Waals surface area contributed by atoms with E-state index in [1.807, 2.05) is 11.6 Å². The number of aromatic nitrogens is 1. The average molecular weight is 316 g/mol. The minimum Gasteiger partial charge on any atom is -0.299 e. The van der Waals surface area contributed by atoms with E-state index in [0.717, 1.165) is 31.1 Å². The van der Waals surface area contributed by atoms with Crippen LogP contribution in [0.4, 0.5) is 4.39 Å². The van der Waals surface area contributed by atoms with Crippen LogP contribution in [0.15, 0.2) is 41.9 Å². The quantitative estimate of drug-likeness (QED) is 0.790. The molecule has 2 aromatic rings. The van der Waals surface area contributed by atoms with Gasteiger partial charge in [0.25, 0.3) is 0 Å². The molecule has 0 saturated heterocycles. The van der Waals surface area contributed by atoms with Crippen molar-refractivity contribution < 1.29 is 9.18 Å². The van der Waals surface area contributed by atoms with Gasteiger partial charge in [0.15, 0.2) is 5.78 Å². The van der Waals surface area contributed by atoms with Crippen molar-refractivity contribution in [2.75, 3.05) is 19.6 Å². The lowest BCUT2D eigenvalue weighted by molar-refractivity contribution is 0.0966. The maximum absolute atomic E-state index is 12.8. The Kier molecular flexibility index (Phi) is 4.75. The highest BCUT2D eigenvalue weighted by Crippen LogP contribution is 2.23. The lowest BCUT2D eigenvalue weighted by atomic mass is 10.1. The van der Waals surface area contributed by atoms with E-state index >= 15 is 0 Å². The summed E-state index contributed by atoms with van der Waals surface area (Å²) in [6, 6.07) is 5.76. The first-order valence-corrected chi connectivity index (χ1v) is 8.20. The van der Waals surface area contributed by atoms with Crippen molar-refractivity contribution in [3.05, 3.63) is 58.3 Å². The van der Waals surface area contributed by atoms with Gasteiger partial charge in [-0.05, 0) is 36.3 Å². The minimum absolute atomic E-state index is 0.0645. The summed E-state index contributed by atoms with van der Waals surface area (Å²) < 4.78 is 12.8. The van der Waals surface area contributed by atoms with E-state index in [1.165, 1.54) is 17.7 Å². The lowest BCUT2D eigenvalue weighted by Gasteiger charge is -2.25. The van der Waals surface area contributed by atoms with Crippen LogP contribution in [-0.2, 0) is 0 Å². The fourth-order valence-electron chi connectivity index (χ4n) is 2.53. The summed E-state index contributed by atoms with van der Waals surface area (Å²) in [7, 11) is 0. The molecule has 0 bridgehead atoms. The third kappa shape index (κ3) is 3.67. The van der Waals surface area contributed by atoms with Crippen LogP contribution in [0.3, 0.4) is 0 Å². The van der Waals surface area contributed by atoms with Gasteiger partial charge < -0.3 is 0 Å². The van der Waals surface area contributed by atoms with E-state index in [9.17, 15) is 9.18 Å². The highest BCUT2D eigenvalue weighted by atomic mass is 32.1. The van der Waals surface area contributed by atoms with Gasteiger partial charge in [-0.1, -0.05) is 6.08 Å². The van der Waals surface area contributed by atoms with Gasteiger partial charge in [-0.25, -0.2) is 9.37 Å². The van der Waals surface area contributed by atoms with Crippen LogP contribution >= 0.6 is 11.3 Å². The molecule has 0 unspecified atom stereocenters. The zero-order chi connectivity index (χ0) is 15.4. The third-order valence-corrected chi connectivity index (χ3v) is 4.67. The minimum atomic E-state index is -0.313. The number of carbonyl (C=O) groups is 1. The summed E-state index contributed by atoms with van der Waals surface area (Å²) in [6.45, 7) is 2.53. The number of Topliss-reactive ketones (excluding diaryl/α,β-unsaturated/α-hetero) is 1. The second-order valence-corrected chi connectivity index (χ2v) is 6.19. The van der Waals surface area contributed by atoms with E-state index in [2.05, 4.69) is 16.0 Å². The molecular weight excluding hydrogens is 299 g/mol. The molecule has 1 aromatic heterocycles. The molecule has 1 aromatic carbocycles. The Bertz CT molecular complexity index is 664. The number of thiazole rings is 1. The fraction of sp³-hybridized carbons (Fsp3) is 0.294. The Balaban J connectivity index is 1.51. The molecule has 0 amide bonds. The maximum atomic E-state index is 12.8. The number of nitrogens with zero attached hydrogens (tertiary/aromatic N) is 2. The van der Waals surface area contributed by atoms with Crippen molar-refractivity contribution in [2.24, 2.45) is 0 Å². The van der Waals surface area contributed by atoms with E-state index in [4.69, 9.17) is 0 Å². The van der Waals surface area contributed by atoms with Crippen LogP contribution in [0.2, 0.25) is 0 Å². The summed E-state index contributed by atoms with van der Waals surface area (Å²) in [5.41, 5.74) is 1.88. The van der Waals surface area contributed by atoms with Crippen molar-refractivity contribution >= 4 is 22.7 Å². The Labute approximate surface area is 133 Å². The van der Waals surface area contributed by atoms with Gasteiger partial charge in [0, 0.05) is 43.2 Å². The van der Waals surface area contributed by atoms with E-state index in [-0.39, 0.29) is 11.6 Å². The van der Waals surface area contributed by atoms with E-state index in [1.54, 1.807) is 23.5 Å². The van der Waals surface area contributed by atoms with Crippen molar-refractivity contribution in [3.63, 3.8) is 0 Å². The number of benzene rings is 1. The molecule has 22 heavy (non-hydrogen) atoms. The van der Waals surface area contributed by atoms with Crippen molar-refractivity contribution in [3.8, 4) is 0 Å². The first-order chi connectivity index (χ1) is 10.7. The standard InChI is InChI=1S/C17H17FN2OS/c18-15-3-1-13(2-4-15)16(21)7-11-20-9-5-14(6-10-20)17-19-8-12-22-17/h1-5,8,12H,6-7,9-11H2. The maximum Gasteiger partial charge on any atom is 0.164 e. The Morgan fingerprint density at radius 3 is 2.77 bits per heavy atom. The van der Waals surface area contributed by atoms with Crippen LogP contribution in [0.25, 0.3) is 5.57 Å². The van der Waals surface area contributed by atoms with Crippen molar-refractivity contribution in [1.82, 2.24) is 9.88 Å². The fourth-order valence-corrected chi connectivity index (χ4v) is 3.24. The van der Waals surface area contributed by atoms with Gasteiger partial charge in [-0.2, -0.15) is 0 Å². The number of rotatable bonds is 5. The van der Waals surface area contributed by atoms with Gasteiger partial charge in [0.1, 0.15) is 10.8 Å². The van der Waals surface area contributed by atoms with Crippen LogP contribution in [0.5, 0.6) is 0 Å². The second-order valence-electron chi connectivity index (χ2n) is 5.30. The molecule has 0 N–H and O–H groups in total. The second kappa shape index (κ2) is 6.94. The molecule has 0 aliphatic carbocycles. The van der Waals surface area contributed by atoms with Crippen LogP contribution < -0.4 is 0 Å². The average Bonchev–Trinajstić information content (AvgIpc) is 3.08. The van der Waals surface area contributed by atoms with Gasteiger partial charge in [0.2, 0.25) is 0 Å². The molecular formula is C17H17FN2OS. The lowest BCUT2D eigenvalue weighted by Crippen LogP contribution is -2.30. The number of hydrogen-bond acceptors (Lipinski definition) is 4. The third-order valence-electron chi connectivity index (χ3n) is 3.82. The van der Waals surface area contributed by atoms with Gasteiger partial charge >= 0.3 is 0 Å². The first-order valence-electron chi connectivity index (χ1n) is 7.32. The normalized spacial score (nSPS) is 15.6. The van der Waals surface area contributed by atoms with E-state index < -0.39 is 0 Å².